The van der Waals surface area contributed by atoms with Crippen molar-refractivity contribution in [1.29, 1.82) is 0 Å². The third kappa shape index (κ3) is 8.98. The minimum Gasteiger partial charge on any atom is -0.355 e. The number of rotatable bonds is 11. The van der Waals surface area contributed by atoms with Crippen LogP contribution in [0.25, 0.3) is 0 Å². The highest BCUT2D eigenvalue weighted by molar-refractivity contribution is 14.0. The van der Waals surface area contributed by atoms with Gasteiger partial charge in [-0.2, -0.15) is 0 Å². The Kier molecular flexibility index (Phi) is 13.0. The Labute approximate surface area is 154 Å². The van der Waals surface area contributed by atoms with Crippen molar-refractivity contribution in [2.45, 2.75) is 51.5 Å². The number of nitrogens with zero attached hydrogens (tertiary/aromatic N) is 3. The molecule has 1 rings (SSSR count). The van der Waals surface area contributed by atoms with Gasteiger partial charge in [0, 0.05) is 39.8 Å². The van der Waals surface area contributed by atoms with Crippen LogP contribution in [-0.2, 0) is 0 Å². The van der Waals surface area contributed by atoms with Crippen molar-refractivity contribution in [3.8, 4) is 0 Å². The number of guanidine groups is 1. The van der Waals surface area contributed by atoms with E-state index in [-0.39, 0.29) is 24.0 Å². The summed E-state index contributed by atoms with van der Waals surface area (Å²) >= 11 is 0. The lowest BCUT2D eigenvalue weighted by Crippen LogP contribution is -2.43. The maximum atomic E-state index is 4.38. The Hall–Kier alpha value is -0.300. The van der Waals surface area contributed by atoms with Crippen molar-refractivity contribution >= 4 is 29.9 Å². The van der Waals surface area contributed by atoms with Gasteiger partial charge in [0.15, 0.2) is 5.96 Å². The number of halogens is 1. The summed E-state index contributed by atoms with van der Waals surface area (Å²) in [4.78, 5) is 9.19. The molecule has 1 aliphatic rings. The van der Waals surface area contributed by atoms with E-state index in [0.717, 1.165) is 44.6 Å². The number of hydrogen-bond acceptors (Lipinski definition) is 2. The molecule has 1 N–H and O–H groups in total. The number of allylic oxidation sites excluding steroid dienone is 1. The molecular formula is C17H35IN4. The first kappa shape index (κ1) is 21.7. The van der Waals surface area contributed by atoms with Crippen molar-refractivity contribution in [3.63, 3.8) is 0 Å². The van der Waals surface area contributed by atoms with Crippen LogP contribution in [0.1, 0.15) is 45.4 Å². The van der Waals surface area contributed by atoms with Crippen molar-refractivity contribution in [3.05, 3.63) is 12.7 Å². The van der Waals surface area contributed by atoms with Crippen LogP contribution in [0.4, 0.5) is 0 Å². The summed E-state index contributed by atoms with van der Waals surface area (Å²) in [5.74, 6) is 1.02. The van der Waals surface area contributed by atoms with Crippen LogP contribution in [0.5, 0.6) is 0 Å². The van der Waals surface area contributed by atoms with E-state index in [1.165, 1.54) is 32.1 Å². The van der Waals surface area contributed by atoms with Crippen molar-refractivity contribution < 1.29 is 0 Å². The molecule has 5 heteroatoms. The molecule has 0 aromatic carbocycles. The molecule has 0 atom stereocenters. The SMILES string of the molecule is C=CCCCCCN(C)C(=NC)NCCN(CC)C1CC1.I. The lowest BCUT2D eigenvalue weighted by atomic mass is 10.2. The zero-order valence-electron chi connectivity index (χ0n) is 14.7. The molecule has 0 unspecified atom stereocenters. The second-order valence-electron chi connectivity index (χ2n) is 5.89. The topological polar surface area (TPSA) is 30.9 Å². The average molecular weight is 422 g/mol. The van der Waals surface area contributed by atoms with Gasteiger partial charge in [-0.25, -0.2) is 0 Å². The van der Waals surface area contributed by atoms with Crippen LogP contribution in [-0.4, -0.2) is 62.1 Å². The van der Waals surface area contributed by atoms with Crippen LogP contribution in [0.2, 0.25) is 0 Å². The van der Waals surface area contributed by atoms with E-state index < -0.39 is 0 Å². The minimum atomic E-state index is 0. The van der Waals surface area contributed by atoms with E-state index in [9.17, 15) is 0 Å². The van der Waals surface area contributed by atoms with Gasteiger partial charge in [0.2, 0.25) is 0 Å². The molecule has 1 saturated carbocycles. The second kappa shape index (κ2) is 13.2. The molecule has 0 bridgehead atoms. The van der Waals surface area contributed by atoms with E-state index in [1.807, 2.05) is 13.1 Å². The smallest absolute Gasteiger partial charge is 0.193 e. The molecule has 0 aliphatic heterocycles. The molecule has 0 aromatic rings. The van der Waals surface area contributed by atoms with Crippen LogP contribution >= 0.6 is 24.0 Å². The first-order valence-electron chi connectivity index (χ1n) is 8.49. The maximum absolute atomic E-state index is 4.38. The molecule has 1 aliphatic carbocycles. The molecule has 0 saturated heterocycles. The summed E-state index contributed by atoms with van der Waals surface area (Å²) in [5.41, 5.74) is 0. The predicted octanol–water partition coefficient (Wildman–Crippen LogP) is 3.34. The van der Waals surface area contributed by atoms with Gasteiger partial charge in [-0.05, 0) is 38.6 Å². The van der Waals surface area contributed by atoms with Crippen molar-refractivity contribution in [1.82, 2.24) is 15.1 Å². The van der Waals surface area contributed by atoms with E-state index in [1.54, 1.807) is 0 Å². The van der Waals surface area contributed by atoms with Gasteiger partial charge >= 0.3 is 0 Å². The molecule has 0 amide bonds. The van der Waals surface area contributed by atoms with Crippen LogP contribution < -0.4 is 5.32 Å². The van der Waals surface area contributed by atoms with E-state index in [2.05, 4.69) is 40.7 Å². The first-order valence-corrected chi connectivity index (χ1v) is 8.49. The van der Waals surface area contributed by atoms with E-state index in [4.69, 9.17) is 0 Å². The third-order valence-electron chi connectivity index (χ3n) is 4.13. The molecule has 0 spiro atoms. The summed E-state index contributed by atoms with van der Waals surface area (Å²) in [7, 11) is 4.00. The molecule has 0 radical (unpaired) electrons. The Morgan fingerprint density at radius 3 is 2.55 bits per heavy atom. The normalized spacial score (nSPS) is 14.6. The van der Waals surface area contributed by atoms with Crippen LogP contribution in [0, 0.1) is 0 Å². The van der Waals surface area contributed by atoms with Crippen molar-refractivity contribution in [2.75, 3.05) is 40.3 Å². The summed E-state index contributed by atoms with van der Waals surface area (Å²) in [5, 5.41) is 3.49. The fraction of sp³-hybridized carbons (Fsp3) is 0.824. The zero-order chi connectivity index (χ0) is 15.5. The summed E-state index contributed by atoms with van der Waals surface area (Å²) in [6, 6.07) is 0.849. The highest BCUT2D eigenvalue weighted by Gasteiger charge is 2.27. The van der Waals surface area contributed by atoms with Gasteiger partial charge in [0.1, 0.15) is 0 Å². The lowest BCUT2D eigenvalue weighted by Gasteiger charge is -2.24. The van der Waals surface area contributed by atoms with Gasteiger partial charge in [-0.15, -0.1) is 30.6 Å². The van der Waals surface area contributed by atoms with Crippen molar-refractivity contribution in [2.24, 2.45) is 4.99 Å². The fourth-order valence-corrected chi connectivity index (χ4v) is 2.65. The monoisotopic (exact) mass is 422 g/mol. The molecule has 4 nitrogen and oxygen atoms in total. The molecular weight excluding hydrogens is 387 g/mol. The first-order chi connectivity index (χ1) is 10.2. The molecule has 130 valence electrons. The maximum Gasteiger partial charge on any atom is 0.193 e. The van der Waals surface area contributed by atoms with Gasteiger partial charge in [0.25, 0.3) is 0 Å². The number of unbranched alkanes of at least 4 members (excludes halogenated alkanes) is 3. The Bertz CT molecular complexity index is 316. The number of aliphatic imine (C=N–C) groups is 1. The van der Waals surface area contributed by atoms with Gasteiger partial charge in [-0.3, -0.25) is 9.89 Å². The number of hydrogen-bond donors (Lipinski definition) is 1. The van der Waals surface area contributed by atoms with Gasteiger partial charge in [0.05, 0.1) is 0 Å². The van der Waals surface area contributed by atoms with Crippen LogP contribution in [0.3, 0.4) is 0 Å². The van der Waals surface area contributed by atoms with Gasteiger partial charge in [-0.1, -0.05) is 19.4 Å². The van der Waals surface area contributed by atoms with E-state index in [0.29, 0.717) is 0 Å². The molecule has 1 fully saturated rings. The summed E-state index contributed by atoms with van der Waals surface area (Å²) in [6.45, 7) is 10.3. The minimum absolute atomic E-state index is 0. The molecule has 0 aromatic heterocycles. The Morgan fingerprint density at radius 2 is 2.00 bits per heavy atom. The highest BCUT2D eigenvalue weighted by Crippen LogP contribution is 2.25. The summed E-state index contributed by atoms with van der Waals surface area (Å²) < 4.78 is 0. The molecule has 0 heterocycles. The zero-order valence-corrected chi connectivity index (χ0v) is 17.0. The van der Waals surface area contributed by atoms with E-state index >= 15 is 0 Å². The Morgan fingerprint density at radius 1 is 1.27 bits per heavy atom. The number of nitrogens with one attached hydrogen (secondary N) is 1. The largest absolute Gasteiger partial charge is 0.355 e. The van der Waals surface area contributed by atoms with Gasteiger partial charge < -0.3 is 10.2 Å². The van der Waals surface area contributed by atoms with Crippen LogP contribution in [0.15, 0.2) is 17.6 Å². The second-order valence-corrected chi connectivity index (χ2v) is 5.89. The standard InChI is InChI=1S/C17H34N4.HI/c1-5-7-8-9-10-14-20(4)17(18-3)19-13-15-21(6-2)16-11-12-16;/h5,16H,1,6-15H2,2-4H3,(H,18,19);1H. The number of likely N-dealkylation sites (N-methyl/N-ethyl adjacent to an activating group) is 1. The lowest BCUT2D eigenvalue weighted by molar-refractivity contribution is 0.280. The molecule has 22 heavy (non-hydrogen) atoms. The summed E-state index contributed by atoms with van der Waals surface area (Å²) in [6.07, 6.45) is 9.62. The third-order valence-corrected chi connectivity index (χ3v) is 4.13. The predicted molar refractivity (Wildman–Crippen MR) is 108 cm³/mol. The fourth-order valence-electron chi connectivity index (χ4n) is 2.65. The quantitative estimate of drug-likeness (QED) is 0.182. The Balaban J connectivity index is 0.00000441. The average Bonchev–Trinajstić information content (AvgIpc) is 3.32. The highest BCUT2D eigenvalue weighted by atomic mass is 127.